The summed E-state index contributed by atoms with van der Waals surface area (Å²) in [4.78, 5) is 30.2. The highest BCUT2D eigenvalue weighted by atomic mass is 32.1. The molecule has 0 fully saturated rings. The number of aromatic nitrogens is 2. The number of hydrogen-bond donors (Lipinski definition) is 1. The molecule has 0 unspecified atom stereocenters. The Morgan fingerprint density at radius 1 is 1.53 bits per heavy atom. The normalized spacial score (nSPS) is 10.2. The molecule has 0 radical (unpaired) electrons. The topological polar surface area (TPSA) is 72.0 Å². The van der Waals surface area contributed by atoms with Crippen LogP contribution in [0.5, 0.6) is 0 Å². The first-order valence-corrected chi connectivity index (χ1v) is 6.63. The molecule has 2 heterocycles. The minimum atomic E-state index is -0.170. The van der Waals surface area contributed by atoms with Crippen molar-refractivity contribution in [3.05, 3.63) is 30.2 Å². The molecule has 98 valence electrons. The van der Waals surface area contributed by atoms with E-state index in [1.54, 1.807) is 12.4 Å². The van der Waals surface area contributed by atoms with Crippen LogP contribution < -0.4 is 5.32 Å². The third-order valence-corrected chi connectivity index (χ3v) is 3.57. The maximum absolute atomic E-state index is 11.6. The van der Waals surface area contributed by atoms with E-state index in [1.165, 1.54) is 11.3 Å². The number of rotatable bonds is 5. The van der Waals surface area contributed by atoms with Crippen LogP contribution in [0, 0.1) is 6.92 Å². The van der Waals surface area contributed by atoms with Gasteiger partial charge in [0.2, 0.25) is 5.91 Å². The van der Waals surface area contributed by atoms with Crippen molar-refractivity contribution in [2.24, 2.45) is 0 Å². The van der Waals surface area contributed by atoms with Gasteiger partial charge in [-0.05, 0) is 19.1 Å². The van der Waals surface area contributed by atoms with Crippen LogP contribution in [-0.2, 0) is 9.59 Å². The number of carbonyl (C=O) groups excluding carboxylic acids is 2. The van der Waals surface area contributed by atoms with Gasteiger partial charge in [0.05, 0.1) is 5.69 Å². The number of nitrogens with one attached hydrogen (secondary N) is 1. The second-order valence-electron chi connectivity index (χ2n) is 3.93. The molecule has 2 aromatic heterocycles. The largest absolute Gasteiger partial charge is 0.316 e. The Labute approximate surface area is 114 Å². The van der Waals surface area contributed by atoms with Crippen molar-refractivity contribution < 1.29 is 9.59 Å². The summed E-state index contributed by atoms with van der Waals surface area (Å²) in [5.74, 6) is -0.170. The van der Waals surface area contributed by atoms with Gasteiger partial charge >= 0.3 is 0 Å². The summed E-state index contributed by atoms with van der Waals surface area (Å²) in [5, 5.41) is 4.31. The van der Waals surface area contributed by atoms with Crippen LogP contribution in [0.15, 0.2) is 24.5 Å². The van der Waals surface area contributed by atoms with Crippen LogP contribution in [0.1, 0.15) is 18.5 Å². The second-order valence-corrected chi connectivity index (χ2v) is 4.93. The average Bonchev–Trinajstić information content (AvgIpc) is 2.79. The van der Waals surface area contributed by atoms with E-state index in [1.807, 2.05) is 19.1 Å². The molecule has 0 bridgehead atoms. The quantitative estimate of drug-likeness (QED) is 0.851. The molecule has 0 spiro atoms. The molecule has 0 atom stereocenters. The summed E-state index contributed by atoms with van der Waals surface area (Å²) in [5.41, 5.74) is 1.69. The first-order chi connectivity index (χ1) is 9.20. The molecule has 0 saturated carbocycles. The molecule has 2 aromatic rings. The van der Waals surface area contributed by atoms with E-state index >= 15 is 0 Å². The number of anilines is 1. The summed E-state index contributed by atoms with van der Waals surface area (Å²) in [6, 6.07) is 3.76. The highest BCUT2D eigenvalue weighted by molar-refractivity contribution is 7.19. The molecular weight excluding hydrogens is 262 g/mol. The first-order valence-electron chi connectivity index (χ1n) is 5.82. The number of carbonyl (C=O) groups is 2. The van der Waals surface area contributed by atoms with E-state index in [0.29, 0.717) is 0 Å². The number of pyridine rings is 1. The SMILES string of the molecule is Cc1nc(-c2cccnc2)sc1NC(=O)CCC=O. The Hall–Kier alpha value is -2.08. The van der Waals surface area contributed by atoms with Crippen molar-refractivity contribution >= 4 is 28.5 Å². The van der Waals surface area contributed by atoms with Gasteiger partial charge in [0.25, 0.3) is 0 Å². The van der Waals surface area contributed by atoms with Crippen molar-refractivity contribution in [2.75, 3.05) is 5.32 Å². The lowest BCUT2D eigenvalue weighted by molar-refractivity contribution is -0.118. The van der Waals surface area contributed by atoms with E-state index < -0.39 is 0 Å². The van der Waals surface area contributed by atoms with Crippen molar-refractivity contribution in [1.29, 1.82) is 0 Å². The van der Waals surface area contributed by atoms with Crippen LogP contribution in [0.25, 0.3) is 10.6 Å². The molecule has 0 aliphatic rings. The highest BCUT2D eigenvalue weighted by Crippen LogP contribution is 2.31. The van der Waals surface area contributed by atoms with Crippen molar-refractivity contribution in [1.82, 2.24) is 9.97 Å². The molecule has 0 aliphatic carbocycles. The summed E-state index contributed by atoms with van der Waals surface area (Å²) in [7, 11) is 0. The van der Waals surface area contributed by atoms with Gasteiger partial charge in [0.1, 0.15) is 16.3 Å². The Bertz CT molecular complexity index is 581. The zero-order valence-corrected chi connectivity index (χ0v) is 11.2. The number of aryl methyl sites for hydroxylation is 1. The Morgan fingerprint density at radius 3 is 3.05 bits per heavy atom. The Balaban J connectivity index is 2.13. The maximum atomic E-state index is 11.6. The van der Waals surface area contributed by atoms with Gasteiger partial charge in [-0.2, -0.15) is 0 Å². The van der Waals surface area contributed by atoms with Gasteiger partial charge in [-0.1, -0.05) is 11.3 Å². The van der Waals surface area contributed by atoms with Crippen molar-refractivity contribution in [3.63, 3.8) is 0 Å². The molecule has 6 heteroatoms. The number of amides is 1. The third kappa shape index (κ3) is 3.45. The Morgan fingerprint density at radius 2 is 2.37 bits per heavy atom. The molecular formula is C13H13N3O2S. The zero-order chi connectivity index (χ0) is 13.7. The first kappa shape index (κ1) is 13.4. The van der Waals surface area contributed by atoms with Gasteiger partial charge in [0, 0.05) is 30.8 Å². The van der Waals surface area contributed by atoms with Gasteiger partial charge in [-0.15, -0.1) is 0 Å². The monoisotopic (exact) mass is 275 g/mol. The number of aldehydes is 1. The summed E-state index contributed by atoms with van der Waals surface area (Å²) in [6.07, 6.45) is 4.60. The average molecular weight is 275 g/mol. The van der Waals surface area contributed by atoms with E-state index in [9.17, 15) is 9.59 Å². The van der Waals surface area contributed by atoms with E-state index in [2.05, 4.69) is 15.3 Å². The smallest absolute Gasteiger partial charge is 0.225 e. The molecule has 1 N–H and O–H groups in total. The molecule has 2 rings (SSSR count). The van der Waals surface area contributed by atoms with Crippen LogP contribution in [0.2, 0.25) is 0 Å². The van der Waals surface area contributed by atoms with Gasteiger partial charge in [-0.25, -0.2) is 4.98 Å². The van der Waals surface area contributed by atoms with Gasteiger partial charge in [-0.3, -0.25) is 9.78 Å². The third-order valence-electron chi connectivity index (χ3n) is 2.45. The van der Waals surface area contributed by atoms with E-state index in [-0.39, 0.29) is 18.7 Å². The fourth-order valence-corrected chi connectivity index (χ4v) is 2.48. The van der Waals surface area contributed by atoms with E-state index in [0.717, 1.165) is 27.6 Å². The number of nitrogens with zero attached hydrogens (tertiary/aromatic N) is 2. The molecule has 0 saturated heterocycles. The van der Waals surface area contributed by atoms with Gasteiger partial charge < -0.3 is 10.1 Å². The number of thiazole rings is 1. The molecule has 0 aromatic carbocycles. The van der Waals surface area contributed by atoms with Crippen LogP contribution in [0.4, 0.5) is 5.00 Å². The van der Waals surface area contributed by atoms with E-state index in [4.69, 9.17) is 0 Å². The predicted octanol–water partition coefficient (Wildman–Crippen LogP) is 2.43. The molecule has 1 amide bonds. The van der Waals surface area contributed by atoms with Crippen molar-refractivity contribution in [3.8, 4) is 10.6 Å². The minimum absolute atomic E-state index is 0.170. The lowest BCUT2D eigenvalue weighted by atomic mass is 10.3. The standard InChI is InChI=1S/C13H13N3O2S/c1-9-12(16-11(18)5-3-7-17)19-13(15-9)10-4-2-6-14-8-10/h2,4,6-8H,3,5H2,1H3,(H,16,18). The fraction of sp³-hybridized carbons (Fsp3) is 0.231. The second kappa shape index (κ2) is 6.19. The predicted molar refractivity (Wildman–Crippen MR) is 74.0 cm³/mol. The lowest BCUT2D eigenvalue weighted by Gasteiger charge is -2.00. The van der Waals surface area contributed by atoms with Crippen LogP contribution in [0.3, 0.4) is 0 Å². The lowest BCUT2D eigenvalue weighted by Crippen LogP contribution is -2.10. The molecule has 0 aliphatic heterocycles. The molecule has 5 nitrogen and oxygen atoms in total. The summed E-state index contributed by atoms with van der Waals surface area (Å²) >= 11 is 1.40. The molecule has 19 heavy (non-hydrogen) atoms. The fourth-order valence-electron chi connectivity index (χ4n) is 1.50. The summed E-state index contributed by atoms with van der Waals surface area (Å²) in [6.45, 7) is 1.84. The Kier molecular flexibility index (Phi) is 4.35. The highest BCUT2D eigenvalue weighted by Gasteiger charge is 2.11. The minimum Gasteiger partial charge on any atom is -0.316 e. The van der Waals surface area contributed by atoms with Crippen molar-refractivity contribution in [2.45, 2.75) is 19.8 Å². The van der Waals surface area contributed by atoms with Gasteiger partial charge in [0.15, 0.2) is 0 Å². The number of hydrogen-bond acceptors (Lipinski definition) is 5. The zero-order valence-electron chi connectivity index (χ0n) is 10.4. The van der Waals surface area contributed by atoms with Crippen LogP contribution >= 0.6 is 11.3 Å². The maximum Gasteiger partial charge on any atom is 0.225 e. The summed E-state index contributed by atoms with van der Waals surface area (Å²) < 4.78 is 0. The van der Waals surface area contributed by atoms with Crippen LogP contribution in [-0.4, -0.2) is 22.2 Å².